The molecule has 10 aromatic carbocycles. The van der Waals surface area contributed by atoms with Crippen LogP contribution < -0.4 is 20.7 Å². The van der Waals surface area contributed by atoms with Crippen molar-refractivity contribution < 1.29 is 4.42 Å². The third-order valence-electron chi connectivity index (χ3n) is 14.7. The van der Waals surface area contributed by atoms with Crippen molar-refractivity contribution in [1.82, 2.24) is 4.57 Å². The van der Waals surface area contributed by atoms with Gasteiger partial charge >= 0.3 is 0 Å². The Labute approximate surface area is 378 Å². The normalized spacial score (nSPS) is 15.1. The van der Waals surface area contributed by atoms with Crippen molar-refractivity contribution in [3.05, 3.63) is 270 Å². The van der Waals surface area contributed by atoms with Gasteiger partial charge in [0.15, 0.2) is 8.07 Å². The number of para-hydroxylation sites is 3. The summed E-state index contributed by atoms with van der Waals surface area (Å²) in [5.74, 6) is 0.390. The molecule has 0 unspecified atom stereocenters. The van der Waals surface area contributed by atoms with Gasteiger partial charge in [0.1, 0.15) is 11.2 Å². The van der Waals surface area contributed by atoms with Gasteiger partial charge in [-0.3, -0.25) is 0 Å². The van der Waals surface area contributed by atoms with Gasteiger partial charge in [-0.05, 0) is 90.0 Å². The lowest BCUT2D eigenvalue weighted by atomic mass is 9.60. The summed E-state index contributed by atoms with van der Waals surface area (Å²) in [5.41, 5.74) is 16.4. The van der Waals surface area contributed by atoms with E-state index >= 15 is 0 Å². The lowest BCUT2D eigenvalue weighted by Crippen LogP contribution is -2.74. The molecule has 0 amide bonds. The summed E-state index contributed by atoms with van der Waals surface area (Å²) in [5, 5.41) is 10.3. The lowest BCUT2D eigenvalue weighted by molar-refractivity contribution is 0.670. The highest BCUT2D eigenvalue weighted by atomic mass is 28.3. The molecule has 0 saturated carbocycles. The monoisotopic (exact) mass is 843 g/mol. The lowest BCUT2D eigenvalue weighted by Gasteiger charge is -2.42. The molecule has 0 fully saturated rings. The van der Waals surface area contributed by atoms with Crippen LogP contribution in [-0.2, 0) is 0 Å². The SMILES string of the molecule is c1ccc([Si](c2ccccc2)(c2cccc(-c3cccc4c3oc3ccccc34)c2)c2cccc(-n3c4ccccc4c4c5c(ccc43)C3c4ccccc4C5c4ccccc43)c2)cc1. The summed E-state index contributed by atoms with van der Waals surface area (Å²) in [4.78, 5) is 0. The van der Waals surface area contributed by atoms with Gasteiger partial charge in [-0.2, -0.15) is 0 Å². The average Bonchev–Trinajstić information content (AvgIpc) is 3.94. The van der Waals surface area contributed by atoms with Crippen LogP contribution in [0.15, 0.2) is 241 Å². The van der Waals surface area contributed by atoms with E-state index in [1.807, 2.05) is 6.07 Å². The number of aromatic nitrogens is 1. The smallest absolute Gasteiger partial charge is 0.179 e. The summed E-state index contributed by atoms with van der Waals surface area (Å²) < 4.78 is 9.18. The fraction of sp³-hybridized carbons (Fsp3) is 0.0323. The molecule has 15 rings (SSSR count). The van der Waals surface area contributed by atoms with Crippen molar-refractivity contribution in [3.63, 3.8) is 0 Å². The topological polar surface area (TPSA) is 18.1 Å². The number of benzene rings is 10. The van der Waals surface area contributed by atoms with E-state index in [1.165, 1.54) is 81.6 Å². The number of hydrogen-bond acceptors (Lipinski definition) is 1. The zero-order chi connectivity index (χ0) is 42.6. The van der Waals surface area contributed by atoms with Gasteiger partial charge in [-0.25, -0.2) is 0 Å². The predicted molar refractivity (Wildman–Crippen MR) is 272 cm³/mol. The Balaban J connectivity index is 1.02. The Kier molecular flexibility index (Phi) is 7.87. The summed E-state index contributed by atoms with van der Waals surface area (Å²) >= 11 is 0. The molecule has 2 nitrogen and oxygen atoms in total. The van der Waals surface area contributed by atoms with E-state index in [1.54, 1.807) is 0 Å². The minimum absolute atomic E-state index is 0.172. The fourth-order valence-corrected chi connectivity index (χ4v) is 17.0. The van der Waals surface area contributed by atoms with Gasteiger partial charge < -0.3 is 8.98 Å². The highest BCUT2D eigenvalue weighted by Gasteiger charge is 2.44. The van der Waals surface area contributed by atoms with E-state index in [0.29, 0.717) is 0 Å². The first-order valence-corrected chi connectivity index (χ1v) is 24.7. The first kappa shape index (κ1) is 36.5. The predicted octanol–water partition coefficient (Wildman–Crippen LogP) is 12.7. The quantitative estimate of drug-likeness (QED) is 0.120. The molecule has 0 spiro atoms. The van der Waals surface area contributed by atoms with Crippen LogP contribution in [-0.4, -0.2) is 12.6 Å². The minimum Gasteiger partial charge on any atom is -0.455 e. The van der Waals surface area contributed by atoms with Crippen LogP contribution in [0.3, 0.4) is 0 Å². The van der Waals surface area contributed by atoms with Crippen LogP contribution in [0.5, 0.6) is 0 Å². The largest absolute Gasteiger partial charge is 0.455 e. The molecule has 12 aromatic rings. The Morgan fingerprint density at radius 3 is 1.65 bits per heavy atom. The molecule has 0 saturated heterocycles. The highest BCUT2D eigenvalue weighted by molar-refractivity contribution is 7.20. The van der Waals surface area contributed by atoms with Gasteiger partial charge in [0.2, 0.25) is 0 Å². The van der Waals surface area contributed by atoms with Crippen molar-refractivity contribution in [2.24, 2.45) is 0 Å². The average molecular weight is 844 g/mol. The molecule has 0 radical (unpaired) electrons. The first-order chi connectivity index (χ1) is 32.3. The molecule has 0 atom stereocenters. The van der Waals surface area contributed by atoms with E-state index in [9.17, 15) is 0 Å². The van der Waals surface area contributed by atoms with Crippen molar-refractivity contribution in [2.45, 2.75) is 11.8 Å². The summed E-state index contributed by atoms with van der Waals surface area (Å²) in [6.07, 6.45) is 0. The molecule has 304 valence electrons. The summed E-state index contributed by atoms with van der Waals surface area (Å²) in [6, 6.07) is 88.6. The van der Waals surface area contributed by atoms with Crippen molar-refractivity contribution in [2.75, 3.05) is 0 Å². The second kappa shape index (κ2) is 14.0. The summed E-state index contributed by atoms with van der Waals surface area (Å²) in [7, 11) is -3.00. The zero-order valence-corrected chi connectivity index (χ0v) is 36.5. The fourth-order valence-electron chi connectivity index (χ4n) is 12.1. The second-order valence-electron chi connectivity index (χ2n) is 17.8. The number of fused-ring (bicyclic) bond motifs is 6. The van der Waals surface area contributed by atoms with Crippen molar-refractivity contribution >= 4 is 72.6 Å². The molecule has 65 heavy (non-hydrogen) atoms. The minimum atomic E-state index is -3.00. The number of furan rings is 1. The third kappa shape index (κ3) is 5.10. The van der Waals surface area contributed by atoms with Gasteiger partial charge in [0, 0.05) is 44.6 Å². The molecule has 0 aliphatic heterocycles. The molecule has 0 N–H and O–H groups in total. The second-order valence-corrected chi connectivity index (χ2v) is 21.6. The molecular weight excluding hydrogens is 803 g/mol. The zero-order valence-electron chi connectivity index (χ0n) is 35.5. The molecule has 2 aromatic heterocycles. The number of rotatable bonds is 6. The van der Waals surface area contributed by atoms with Crippen LogP contribution >= 0.6 is 0 Å². The Morgan fingerprint density at radius 2 is 0.923 bits per heavy atom. The van der Waals surface area contributed by atoms with E-state index in [4.69, 9.17) is 4.42 Å². The summed E-state index contributed by atoms with van der Waals surface area (Å²) in [6.45, 7) is 0. The van der Waals surface area contributed by atoms with Gasteiger partial charge in [0.25, 0.3) is 0 Å². The van der Waals surface area contributed by atoms with E-state index in [-0.39, 0.29) is 11.8 Å². The van der Waals surface area contributed by atoms with E-state index < -0.39 is 8.07 Å². The van der Waals surface area contributed by atoms with Gasteiger partial charge in [-0.15, -0.1) is 0 Å². The first-order valence-electron chi connectivity index (χ1n) is 22.7. The molecule has 3 heteroatoms. The van der Waals surface area contributed by atoms with Gasteiger partial charge in [-0.1, -0.05) is 206 Å². The van der Waals surface area contributed by atoms with Gasteiger partial charge in [0.05, 0.1) is 11.0 Å². The van der Waals surface area contributed by atoms with Crippen LogP contribution in [0.2, 0.25) is 0 Å². The van der Waals surface area contributed by atoms with E-state index in [0.717, 1.165) is 33.1 Å². The van der Waals surface area contributed by atoms with Crippen LogP contribution in [0, 0.1) is 0 Å². The molecule has 3 aliphatic carbocycles. The van der Waals surface area contributed by atoms with Crippen LogP contribution in [0.25, 0.3) is 60.6 Å². The van der Waals surface area contributed by atoms with Crippen LogP contribution in [0.1, 0.15) is 45.2 Å². The Bertz CT molecular complexity index is 3770. The number of hydrogen-bond donors (Lipinski definition) is 0. The Hall–Kier alpha value is -7.98. The third-order valence-corrected chi connectivity index (χ3v) is 19.5. The maximum Gasteiger partial charge on any atom is 0.179 e. The van der Waals surface area contributed by atoms with E-state index in [2.05, 4.69) is 235 Å². The maximum atomic E-state index is 6.64. The van der Waals surface area contributed by atoms with Crippen molar-refractivity contribution in [1.29, 1.82) is 0 Å². The Morgan fingerprint density at radius 1 is 0.369 bits per heavy atom. The highest BCUT2D eigenvalue weighted by Crippen LogP contribution is 2.58. The van der Waals surface area contributed by atoms with Crippen molar-refractivity contribution in [3.8, 4) is 16.8 Å². The number of nitrogens with zero attached hydrogens (tertiary/aromatic N) is 1. The molecular formula is C62H41NOSi. The maximum absolute atomic E-state index is 6.64. The van der Waals surface area contributed by atoms with Crippen LogP contribution in [0.4, 0.5) is 0 Å². The molecule has 2 bridgehead atoms. The standard InChI is InChI=1S/C62H41NOSi/c1-3-20-42(21-4-1)65(43-22-5-2-6-23-43,44-24-15-18-40(38-44)46-32-17-33-52-47-26-12-14-35-57(47)64-62(46)52)45-25-16-19-41(39-45)63-55-34-13-11-31-53(55)60-56(63)37-36-54-58-48-27-7-9-29-50(48)59(61(54)60)51-30-10-8-28-49(51)58/h1-39,58-59H. The molecule has 3 aliphatic rings. The molecule has 2 heterocycles.